The molecular weight excluding hydrogens is 366 g/mol. The normalized spacial score (nSPS) is 16.2. The maximum Gasteiger partial charge on any atom is 0.255 e. The molecule has 0 atom stereocenters. The fraction of sp³-hybridized carbons (Fsp3) is 0.263. The van der Waals surface area contributed by atoms with E-state index in [1.807, 2.05) is 12.1 Å². The molecule has 2 aliphatic heterocycles. The summed E-state index contributed by atoms with van der Waals surface area (Å²) in [6.45, 7) is 1.37. The van der Waals surface area contributed by atoms with Gasteiger partial charge < -0.3 is 15.1 Å². The summed E-state index contributed by atoms with van der Waals surface area (Å²) in [4.78, 5) is 32.6. The second kappa shape index (κ2) is 6.89. The number of aromatic nitrogens is 1. The standard InChI is InChI=1S/C19H16ClN5O2/c20-15-3-1-12(2-4-15)11-25-16-5-14(7-22-18(16)23-8-17(25)26)19(27)24-9-13(6-21)10-24/h1-5,7,13H,8-11H2,(H,22,23). The Morgan fingerprint density at radius 1 is 1.33 bits per heavy atom. The number of nitriles is 1. The summed E-state index contributed by atoms with van der Waals surface area (Å²) >= 11 is 5.93. The lowest BCUT2D eigenvalue weighted by molar-refractivity contribution is -0.117. The van der Waals surface area contributed by atoms with E-state index in [9.17, 15) is 9.59 Å². The number of likely N-dealkylation sites (tertiary alicyclic amines) is 1. The fourth-order valence-corrected chi connectivity index (χ4v) is 3.28. The van der Waals surface area contributed by atoms with E-state index in [-0.39, 0.29) is 24.3 Å². The number of fused-ring (bicyclic) bond motifs is 1. The second-order valence-corrected chi connectivity index (χ2v) is 7.02. The number of halogens is 1. The zero-order chi connectivity index (χ0) is 19.0. The Morgan fingerprint density at radius 2 is 2.07 bits per heavy atom. The van der Waals surface area contributed by atoms with Crippen LogP contribution in [0.3, 0.4) is 0 Å². The van der Waals surface area contributed by atoms with Crippen LogP contribution in [0.25, 0.3) is 0 Å². The molecule has 7 nitrogen and oxygen atoms in total. The molecule has 8 heteroatoms. The minimum atomic E-state index is -0.179. The van der Waals surface area contributed by atoms with Crippen LogP contribution < -0.4 is 10.2 Å². The Kier molecular flexibility index (Phi) is 4.42. The molecule has 27 heavy (non-hydrogen) atoms. The van der Waals surface area contributed by atoms with E-state index in [4.69, 9.17) is 16.9 Å². The van der Waals surface area contributed by atoms with Gasteiger partial charge in [0.05, 0.1) is 36.3 Å². The van der Waals surface area contributed by atoms with E-state index in [0.29, 0.717) is 41.7 Å². The van der Waals surface area contributed by atoms with E-state index in [1.165, 1.54) is 6.20 Å². The van der Waals surface area contributed by atoms with Crippen molar-refractivity contribution >= 4 is 34.9 Å². The van der Waals surface area contributed by atoms with E-state index in [0.717, 1.165) is 5.56 Å². The summed E-state index contributed by atoms with van der Waals surface area (Å²) in [6.07, 6.45) is 1.50. The zero-order valence-electron chi connectivity index (χ0n) is 14.4. The molecule has 0 bridgehead atoms. The van der Waals surface area contributed by atoms with E-state index >= 15 is 0 Å². The highest BCUT2D eigenvalue weighted by Gasteiger charge is 2.32. The molecule has 2 aromatic rings. The number of hydrogen-bond donors (Lipinski definition) is 1. The lowest BCUT2D eigenvalue weighted by atomic mass is 10.0. The predicted molar refractivity (Wildman–Crippen MR) is 100 cm³/mol. The quantitative estimate of drug-likeness (QED) is 0.881. The number of carbonyl (C=O) groups is 2. The predicted octanol–water partition coefficient (Wildman–Crippen LogP) is 2.29. The molecule has 1 fully saturated rings. The molecule has 4 rings (SSSR count). The van der Waals surface area contributed by atoms with Crippen LogP contribution in [0.1, 0.15) is 15.9 Å². The number of carbonyl (C=O) groups excluding carboxylic acids is 2. The third kappa shape index (κ3) is 3.32. The first-order chi connectivity index (χ1) is 13.0. The molecule has 3 heterocycles. The van der Waals surface area contributed by atoms with Crippen LogP contribution >= 0.6 is 11.6 Å². The highest BCUT2D eigenvalue weighted by molar-refractivity contribution is 6.30. The highest BCUT2D eigenvalue weighted by Crippen LogP contribution is 2.31. The van der Waals surface area contributed by atoms with Gasteiger partial charge in [-0.05, 0) is 23.8 Å². The molecular formula is C19H16ClN5O2. The van der Waals surface area contributed by atoms with Crippen molar-refractivity contribution in [2.24, 2.45) is 5.92 Å². The summed E-state index contributed by atoms with van der Waals surface area (Å²) in [7, 11) is 0. The first kappa shape index (κ1) is 17.3. The SMILES string of the molecule is N#CC1CN(C(=O)c2cnc3c(c2)N(Cc2ccc(Cl)cc2)C(=O)CN3)C1. The molecule has 1 N–H and O–H groups in total. The van der Waals surface area contributed by atoms with Crippen molar-refractivity contribution < 1.29 is 9.59 Å². The summed E-state index contributed by atoms with van der Waals surface area (Å²) in [6, 6.07) is 11.1. The number of nitrogens with one attached hydrogen (secondary N) is 1. The average Bonchev–Trinajstić information content (AvgIpc) is 2.64. The van der Waals surface area contributed by atoms with Gasteiger partial charge in [0.2, 0.25) is 5.91 Å². The minimum Gasteiger partial charge on any atom is -0.359 e. The van der Waals surface area contributed by atoms with E-state index in [2.05, 4.69) is 16.4 Å². The van der Waals surface area contributed by atoms with Crippen LogP contribution in [0.4, 0.5) is 11.5 Å². The van der Waals surface area contributed by atoms with Gasteiger partial charge in [0.25, 0.3) is 5.91 Å². The number of rotatable bonds is 3. The van der Waals surface area contributed by atoms with Crippen LogP contribution in [-0.2, 0) is 11.3 Å². The molecule has 1 aromatic heterocycles. The Morgan fingerprint density at radius 3 is 2.78 bits per heavy atom. The van der Waals surface area contributed by atoms with Crippen molar-refractivity contribution in [2.75, 3.05) is 29.9 Å². The van der Waals surface area contributed by atoms with Gasteiger partial charge in [-0.1, -0.05) is 23.7 Å². The summed E-state index contributed by atoms with van der Waals surface area (Å²) in [5, 5.41) is 12.5. The third-order valence-electron chi connectivity index (χ3n) is 4.72. The van der Waals surface area contributed by atoms with E-state index in [1.54, 1.807) is 28.0 Å². The molecule has 1 saturated heterocycles. The van der Waals surface area contributed by atoms with Crippen molar-refractivity contribution in [3.05, 3.63) is 52.7 Å². The molecule has 0 spiro atoms. The Bertz CT molecular complexity index is 948. The molecule has 0 saturated carbocycles. The van der Waals surface area contributed by atoms with Gasteiger partial charge in [0, 0.05) is 24.3 Å². The van der Waals surface area contributed by atoms with Crippen LogP contribution in [0.5, 0.6) is 0 Å². The molecule has 2 aliphatic rings. The first-order valence-corrected chi connectivity index (χ1v) is 8.90. The highest BCUT2D eigenvalue weighted by atomic mass is 35.5. The molecule has 2 amide bonds. The van der Waals surface area contributed by atoms with Crippen LogP contribution in [0, 0.1) is 17.2 Å². The Balaban J connectivity index is 1.60. The lowest BCUT2D eigenvalue weighted by Gasteiger charge is -2.35. The van der Waals surface area contributed by atoms with Gasteiger partial charge in [-0.25, -0.2) is 4.98 Å². The van der Waals surface area contributed by atoms with Gasteiger partial charge in [-0.2, -0.15) is 5.26 Å². The second-order valence-electron chi connectivity index (χ2n) is 6.59. The topological polar surface area (TPSA) is 89.3 Å². The summed E-state index contributed by atoms with van der Waals surface area (Å²) in [5.41, 5.74) is 1.91. The average molecular weight is 382 g/mol. The van der Waals surface area contributed by atoms with Crippen molar-refractivity contribution in [3.8, 4) is 6.07 Å². The van der Waals surface area contributed by atoms with Crippen molar-refractivity contribution in [1.29, 1.82) is 5.26 Å². The Hall–Kier alpha value is -3.11. The maximum absolute atomic E-state index is 12.6. The summed E-state index contributed by atoms with van der Waals surface area (Å²) < 4.78 is 0. The van der Waals surface area contributed by atoms with Crippen molar-refractivity contribution in [1.82, 2.24) is 9.88 Å². The van der Waals surface area contributed by atoms with Crippen molar-refractivity contribution in [3.63, 3.8) is 0 Å². The van der Waals surface area contributed by atoms with Gasteiger partial charge >= 0.3 is 0 Å². The molecule has 0 aliphatic carbocycles. The van der Waals surface area contributed by atoms with Crippen LogP contribution in [0.15, 0.2) is 36.5 Å². The number of benzene rings is 1. The van der Waals surface area contributed by atoms with Gasteiger partial charge in [-0.15, -0.1) is 0 Å². The zero-order valence-corrected chi connectivity index (χ0v) is 15.1. The maximum atomic E-state index is 12.6. The van der Waals surface area contributed by atoms with Gasteiger partial charge in [0.15, 0.2) is 5.82 Å². The first-order valence-electron chi connectivity index (χ1n) is 8.53. The number of hydrogen-bond acceptors (Lipinski definition) is 5. The third-order valence-corrected chi connectivity index (χ3v) is 4.97. The fourth-order valence-electron chi connectivity index (χ4n) is 3.16. The lowest BCUT2D eigenvalue weighted by Crippen LogP contribution is -2.49. The van der Waals surface area contributed by atoms with Crippen LogP contribution in [-0.4, -0.2) is 41.3 Å². The van der Waals surface area contributed by atoms with Gasteiger partial charge in [0.1, 0.15) is 0 Å². The Labute approximate surface area is 161 Å². The van der Waals surface area contributed by atoms with Gasteiger partial charge in [-0.3, -0.25) is 9.59 Å². The number of pyridine rings is 1. The number of amides is 2. The number of nitrogens with zero attached hydrogens (tertiary/aromatic N) is 4. The minimum absolute atomic E-state index is 0.0997. The smallest absolute Gasteiger partial charge is 0.255 e. The monoisotopic (exact) mass is 381 g/mol. The molecule has 0 radical (unpaired) electrons. The largest absolute Gasteiger partial charge is 0.359 e. The molecule has 0 unspecified atom stereocenters. The summed E-state index contributed by atoms with van der Waals surface area (Å²) in [5.74, 6) is 0.182. The molecule has 136 valence electrons. The van der Waals surface area contributed by atoms with Crippen LogP contribution in [0.2, 0.25) is 5.02 Å². The molecule has 1 aromatic carbocycles. The van der Waals surface area contributed by atoms with E-state index < -0.39 is 0 Å². The number of anilines is 2. The van der Waals surface area contributed by atoms with Crippen molar-refractivity contribution in [2.45, 2.75) is 6.54 Å².